The number of amides is 3. The van der Waals surface area contributed by atoms with Crippen LogP contribution in [0.3, 0.4) is 0 Å². The maximum atomic E-state index is 13.1. The third-order valence-corrected chi connectivity index (χ3v) is 7.63. The molecule has 8 nitrogen and oxygen atoms in total. The largest absolute Gasteiger partial charge is 0.322 e. The number of nitrogens with zero attached hydrogens (tertiary/aromatic N) is 3. The molecule has 1 fully saturated rings. The minimum Gasteiger partial charge on any atom is -0.322 e. The normalized spacial score (nSPS) is 17.2. The fourth-order valence-corrected chi connectivity index (χ4v) is 5.54. The molecule has 6 rings (SSSR count). The monoisotopic (exact) mass is 527 g/mol. The molecule has 2 aromatic carbocycles. The van der Waals surface area contributed by atoms with Crippen LogP contribution >= 0.6 is 11.6 Å². The molecule has 0 saturated carbocycles. The van der Waals surface area contributed by atoms with Crippen LogP contribution in [-0.4, -0.2) is 44.6 Å². The van der Waals surface area contributed by atoms with Gasteiger partial charge in [0.05, 0.1) is 23.7 Å². The molecule has 1 atom stereocenters. The number of imide groups is 1. The fraction of sp³-hybridized carbons (Fsp3) is 0.241. The van der Waals surface area contributed by atoms with E-state index in [0.29, 0.717) is 25.1 Å². The van der Waals surface area contributed by atoms with E-state index in [-0.39, 0.29) is 18.2 Å². The molecule has 3 amide bonds. The lowest BCUT2D eigenvalue weighted by Gasteiger charge is -2.29. The zero-order chi connectivity index (χ0) is 26.2. The Bertz CT molecular complexity index is 1580. The van der Waals surface area contributed by atoms with Crippen molar-refractivity contribution in [2.24, 2.45) is 0 Å². The molecule has 4 aromatic rings. The molecule has 0 radical (unpaired) electrons. The van der Waals surface area contributed by atoms with Crippen molar-refractivity contribution >= 4 is 34.8 Å². The van der Waals surface area contributed by atoms with Crippen LogP contribution in [0.2, 0.25) is 5.02 Å². The molecule has 2 aromatic heterocycles. The van der Waals surface area contributed by atoms with Gasteiger partial charge in [0.2, 0.25) is 11.8 Å². The second kappa shape index (κ2) is 10.0. The number of piperidine rings is 1. The van der Waals surface area contributed by atoms with Crippen molar-refractivity contribution in [2.75, 3.05) is 6.54 Å². The van der Waals surface area contributed by atoms with Gasteiger partial charge in [-0.1, -0.05) is 35.9 Å². The highest BCUT2D eigenvalue weighted by atomic mass is 35.5. The number of hydrogen-bond donors (Lipinski definition) is 2. The Kier molecular flexibility index (Phi) is 6.43. The number of nitrogens with one attached hydrogen (secondary N) is 2. The van der Waals surface area contributed by atoms with Gasteiger partial charge in [-0.15, -0.1) is 0 Å². The summed E-state index contributed by atoms with van der Waals surface area (Å²) < 4.78 is 2.03. The van der Waals surface area contributed by atoms with Crippen molar-refractivity contribution in [2.45, 2.75) is 38.4 Å². The van der Waals surface area contributed by atoms with E-state index in [2.05, 4.69) is 27.8 Å². The SMILES string of the molecule is O=C1CCC(N2Cc3cc(-c4cc(CNCCc5ccccc5Cl)cc5cncn45)ccc3C2=O)C(=O)N1. The molecule has 9 heteroatoms. The summed E-state index contributed by atoms with van der Waals surface area (Å²) in [4.78, 5) is 43.0. The molecular weight excluding hydrogens is 502 g/mol. The quantitative estimate of drug-likeness (QED) is 0.282. The zero-order valence-electron chi connectivity index (χ0n) is 20.6. The Balaban J connectivity index is 1.22. The third-order valence-electron chi connectivity index (χ3n) is 7.26. The van der Waals surface area contributed by atoms with Crippen LogP contribution in [0.15, 0.2) is 67.1 Å². The highest BCUT2D eigenvalue weighted by molar-refractivity contribution is 6.31. The fourth-order valence-electron chi connectivity index (χ4n) is 5.31. The van der Waals surface area contributed by atoms with E-state index < -0.39 is 11.9 Å². The van der Waals surface area contributed by atoms with Crippen LogP contribution in [0.5, 0.6) is 0 Å². The lowest BCUT2D eigenvalue weighted by atomic mass is 10.0. The van der Waals surface area contributed by atoms with E-state index in [9.17, 15) is 14.4 Å². The molecule has 2 aliphatic heterocycles. The smallest absolute Gasteiger partial charge is 0.255 e. The maximum Gasteiger partial charge on any atom is 0.255 e. The Labute approximate surface area is 224 Å². The minimum atomic E-state index is -0.628. The molecule has 0 aliphatic carbocycles. The van der Waals surface area contributed by atoms with Gasteiger partial charge in [0, 0.05) is 30.1 Å². The van der Waals surface area contributed by atoms with Crippen molar-refractivity contribution in [3.63, 3.8) is 0 Å². The van der Waals surface area contributed by atoms with E-state index in [0.717, 1.165) is 51.5 Å². The highest BCUT2D eigenvalue weighted by Crippen LogP contribution is 2.32. The van der Waals surface area contributed by atoms with Gasteiger partial charge in [0.15, 0.2) is 0 Å². The summed E-state index contributed by atoms with van der Waals surface area (Å²) in [6, 6.07) is 17.3. The zero-order valence-corrected chi connectivity index (χ0v) is 21.4. The van der Waals surface area contributed by atoms with Crippen LogP contribution in [-0.2, 0) is 29.1 Å². The lowest BCUT2D eigenvalue weighted by molar-refractivity contribution is -0.136. The minimum absolute atomic E-state index is 0.176. The Hall–Kier alpha value is -4.01. The number of rotatable bonds is 7. The molecule has 1 saturated heterocycles. The van der Waals surface area contributed by atoms with Crippen LogP contribution in [0.1, 0.15) is 39.9 Å². The standard InChI is InChI=1S/C29H26ClN5O3/c30-24-4-2-1-3-19(24)9-10-31-14-18-11-22-15-32-17-35(22)26(12-18)20-5-6-23-21(13-20)16-34(29(23)38)25-7-8-27(36)33-28(25)37/h1-6,11-13,15,17,25,31H,7-10,14,16H2,(H,33,36,37). The number of fused-ring (bicyclic) bond motifs is 2. The second-order valence-electron chi connectivity index (χ2n) is 9.73. The molecular formula is C29H26ClN5O3. The van der Waals surface area contributed by atoms with Crippen molar-refractivity contribution in [3.8, 4) is 11.3 Å². The topological polar surface area (TPSA) is 95.8 Å². The summed E-state index contributed by atoms with van der Waals surface area (Å²) >= 11 is 6.28. The van der Waals surface area contributed by atoms with Gasteiger partial charge in [-0.25, -0.2) is 4.98 Å². The number of benzene rings is 2. The molecule has 2 N–H and O–H groups in total. The van der Waals surface area contributed by atoms with Crippen LogP contribution < -0.4 is 10.6 Å². The van der Waals surface area contributed by atoms with Crippen molar-refractivity contribution in [3.05, 3.63) is 94.4 Å². The molecule has 0 spiro atoms. The first-order chi connectivity index (χ1) is 18.5. The second-order valence-corrected chi connectivity index (χ2v) is 10.1. The van der Waals surface area contributed by atoms with Gasteiger partial charge >= 0.3 is 0 Å². The summed E-state index contributed by atoms with van der Waals surface area (Å²) in [5.74, 6) is -0.872. The van der Waals surface area contributed by atoms with Gasteiger partial charge in [-0.3, -0.25) is 24.1 Å². The van der Waals surface area contributed by atoms with Gasteiger partial charge in [0.25, 0.3) is 5.91 Å². The average molecular weight is 528 g/mol. The molecule has 192 valence electrons. The third kappa shape index (κ3) is 4.57. The summed E-state index contributed by atoms with van der Waals surface area (Å²) in [5, 5.41) is 6.64. The van der Waals surface area contributed by atoms with E-state index in [4.69, 9.17) is 11.6 Å². The molecule has 38 heavy (non-hydrogen) atoms. The van der Waals surface area contributed by atoms with E-state index >= 15 is 0 Å². The summed E-state index contributed by atoms with van der Waals surface area (Å²) in [7, 11) is 0. The number of carbonyl (C=O) groups excluding carboxylic acids is 3. The number of carbonyl (C=O) groups is 3. The van der Waals surface area contributed by atoms with E-state index in [1.807, 2.05) is 53.1 Å². The van der Waals surface area contributed by atoms with Crippen LogP contribution in [0.4, 0.5) is 0 Å². The Morgan fingerprint density at radius 1 is 1.08 bits per heavy atom. The van der Waals surface area contributed by atoms with Crippen molar-refractivity contribution in [1.29, 1.82) is 0 Å². The Morgan fingerprint density at radius 3 is 2.79 bits per heavy atom. The molecule has 2 aliphatic rings. The lowest BCUT2D eigenvalue weighted by Crippen LogP contribution is -2.52. The number of hydrogen-bond acceptors (Lipinski definition) is 5. The van der Waals surface area contributed by atoms with Gasteiger partial charge in [-0.05, 0) is 72.0 Å². The average Bonchev–Trinajstić information content (AvgIpc) is 3.51. The van der Waals surface area contributed by atoms with Crippen molar-refractivity contribution < 1.29 is 14.4 Å². The van der Waals surface area contributed by atoms with Crippen LogP contribution in [0.25, 0.3) is 16.8 Å². The van der Waals surface area contributed by atoms with Crippen LogP contribution in [0, 0.1) is 0 Å². The Morgan fingerprint density at radius 2 is 1.95 bits per heavy atom. The summed E-state index contributed by atoms with van der Waals surface area (Å²) in [6.45, 7) is 1.82. The number of pyridine rings is 1. The number of halogens is 1. The number of aromatic nitrogens is 2. The highest BCUT2D eigenvalue weighted by Gasteiger charge is 2.39. The first-order valence-corrected chi connectivity index (χ1v) is 13.0. The molecule has 1 unspecified atom stereocenters. The van der Waals surface area contributed by atoms with Gasteiger partial charge in [-0.2, -0.15) is 0 Å². The predicted octanol–water partition coefficient (Wildman–Crippen LogP) is 3.75. The summed E-state index contributed by atoms with van der Waals surface area (Å²) in [6.07, 6.45) is 5.04. The first kappa shape index (κ1) is 24.3. The van der Waals surface area contributed by atoms with Crippen molar-refractivity contribution in [1.82, 2.24) is 24.9 Å². The van der Waals surface area contributed by atoms with E-state index in [1.54, 1.807) is 11.2 Å². The number of imidazole rings is 1. The van der Waals surface area contributed by atoms with E-state index in [1.165, 1.54) is 0 Å². The first-order valence-electron chi connectivity index (χ1n) is 12.6. The molecule has 4 heterocycles. The van der Waals surface area contributed by atoms with Gasteiger partial charge < -0.3 is 10.2 Å². The summed E-state index contributed by atoms with van der Waals surface area (Å²) in [5.41, 5.74) is 6.61. The van der Waals surface area contributed by atoms with Gasteiger partial charge in [0.1, 0.15) is 6.04 Å². The molecule has 0 bridgehead atoms. The predicted molar refractivity (Wildman–Crippen MR) is 144 cm³/mol. The maximum absolute atomic E-state index is 13.1.